The number of amides is 2. The van der Waals surface area contributed by atoms with Crippen molar-refractivity contribution in [3.8, 4) is 0 Å². The van der Waals surface area contributed by atoms with Crippen LogP contribution in [0.4, 0.5) is 4.79 Å². The maximum atomic E-state index is 11.6. The van der Waals surface area contributed by atoms with Crippen molar-refractivity contribution in [2.24, 2.45) is 5.73 Å². The summed E-state index contributed by atoms with van der Waals surface area (Å²) in [6.45, 7) is 2.35. The highest BCUT2D eigenvalue weighted by Crippen LogP contribution is 2.05. The summed E-state index contributed by atoms with van der Waals surface area (Å²) in [6.07, 6.45) is 0.885. The van der Waals surface area contributed by atoms with Crippen molar-refractivity contribution >= 4 is 6.03 Å². The van der Waals surface area contributed by atoms with Crippen LogP contribution in [0.2, 0.25) is 0 Å². The summed E-state index contributed by atoms with van der Waals surface area (Å²) >= 11 is 0. The zero-order chi connectivity index (χ0) is 12.8. The molecule has 98 valence electrons. The van der Waals surface area contributed by atoms with Gasteiger partial charge in [-0.1, -0.05) is 24.3 Å². The summed E-state index contributed by atoms with van der Waals surface area (Å²) in [5, 5.41) is 5.71. The average molecular weight is 249 g/mol. The minimum Gasteiger partial charge on any atom is -0.379 e. The maximum Gasteiger partial charge on any atom is 0.315 e. The molecule has 1 saturated heterocycles. The van der Waals surface area contributed by atoms with Crippen molar-refractivity contribution in [3.63, 3.8) is 0 Å². The number of benzene rings is 1. The lowest BCUT2D eigenvalue weighted by Crippen LogP contribution is -2.42. The summed E-state index contributed by atoms with van der Waals surface area (Å²) in [4.78, 5) is 11.6. The van der Waals surface area contributed by atoms with E-state index in [-0.39, 0.29) is 12.1 Å². The third kappa shape index (κ3) is 3.72. The van der Waals surface area contributed by atoms with E-state index in [0.29, 0.717) is 19.7 Å². The molecule has 1 atom stereocenters. The van der Waals surface area contributed by atoms with Crippen molar-refractivity contribution in [2.75, 3.05) is 13.2 Å². The van der Waals surface area contributed by atoms with Crippen LogP contribution in [-0.2, 0) is 17.8 Å². The average Bonchev–Trinajstić information content (AvgIpc) is 2.89. The van der Waals surface area contributed by atoms with Crippen LogP contribution < -0.4 is 16.4 Å². The molecule has 1 aromatic carbocycles. The van der Waals surface area contributed by atoms with Gasteiger partial charge in [-0.05, 0) is 17.5 Å². The lowest BCUT2D eigenvalue weighted by molar-refractivity contribution is 0.188. The van der Waals surface area contributed by atoms with Crippen molar-refractivity contribution in [2.45, 2.75) is 25.6 Å². The van der Waals surface area contributed by atoms with Gasteiger partial charge in [-0.15, -0.1) is 0 Å². The molecule has 1 fully saturated rings. The largest absolute Gasteiger partial charge is 0.379 e. The number of ether oxygens (including phenoxy) is 1. The van der Waals surface area contributed by atoms with Crippen molar-refractivity contribution < 1.29 is 9.53 Å². The van der Waals surface area contributed by atoms with Crippen LogP contribution in [0.5, 0.6) is 0 Å². The second-order valence-electron chi connectivity index (χ2n) is 4.41. The van der Waals surface area contributed by atoms with Gasteiger partial charge in [0, 0.05) is 19.7 Å². The standard InChI is InChI=1S/C13H19N3O2/c14-7-10-2-1-3-11(6-10)8-15-13(17)16-12-4-5-18-9-12/h1-3,6,12H,4-5,7-9,14H2,(H2,15,16,17). The molecule has 18 heavy (non-hydrogen) atoms. The van der Waals surface area contributed by atoms with Gasteiger partial charge in [0.15, 0.2) is 0 Å². The molecule has 4 N–H and O–H groups in total. The highest BCUT2D eigenvalue weighted by atomic mass is 16.5. The summed E-state index contributed by atoms with van der Waals surface area (Å²) in [5.74, 6) is 0. The Balaban J connectivity index is 1.77. The fourth-order valence-corrected chi connectivity index (χ4v) is 1.93. The smallest absolute Gasteiger partial charge is 0.315 e. The molecule has 2 rings (SSSR count). The normalized spacial score (nSPS) is 18.6. The number of hydrogen-bond acceptors (Lipinski definition) is 3. The lowest BCUT2D eigenvalue weighted by atomic mass is 10.1. The zero-order valence-electron chi connectivity index (χ0n) is 10.3. The molecule has 1 unspecified atom stereocenters. The Morgan fingerprint density at radius 1 is 1.44 bits per heavy atom. The summed E-state index contributed by atoms with van der Waals surface area (Å²) < 4.78 is 5.19. The van der Waals surface area contributed by atoms with Crippen LogP contribution in [0.1, 0.15) is 17.5 Å². The highest BCUT2D eigenvalue weighted by Gasteiger charge is 2.17. The van der Waals surface area contributed by atoms with Crippen LogP contribution in [0, 0.1) is 0 Å². The van der Waals surface area contributed by atoms with E-state index in [0.717, 1.165) is 24.2 Å². The zero-order valence-corrected chi connectivity index (χ0v) is 10.3. The first-order chi connectivity index (χ1) is 8.78. The van der Waals surface area contributed by atoms with Crippen molar-refractivity contribution in [1.82, 2.24) is 10.6 Å². The molecule has 1 aliphatic heterocycles. The van der Waals surface area contributed by atoms with E-state index in [9.17, 15) is 4.79 Å². The van der Waals surface area contributed by atoms with E-state index in [2.05, 4.69) is 10.6 Å². The third-order valence-corrected chi connectivity index (χ3v) is 2.95. The van der Waals surface area contributed by atoms with Crippen LogP contribution in [0.3, 0.4) is 0 Å². The minimum atomic E-state index is -0.149. The first-order valence-electron chi connectivity index (χ1n) is 6.18. The predicted octanol–water partition coefficient (Wildman–Crippen LogP) is 0.733. The van der Waals surface area contributed by atoms with Crippen LogP contribution >= 0.6 is 0 Å². The van der Waals surface area contributed by atoms with Crippen molar-refractivity contribution in [1.29, 1.82) is 0 Å². The topological polar surface area (TPSA) is 76.4 Å². The van der Waals surface area contributed by atoms with Crippen LogP contribution in [-0.4, -0.2) is 25.3 Å². The van der Waals surface area contributed by atoms with Crippen LogP contribution in [0.15, 0.2) is 24.3 Å². The maximum absolute atomic E-state index is 11.6. The molecule has 5 heteroatoms. The highest BCUT2D eigenvalue weighted by molar-refractivity contribution is 5.74. The van der Waals surface area contributed by atoms with E-state index in [4.69, 9.17) is 10.5 Å². The molecule has 1 heterocycles. The summed E-state index contributed by atoms with van der Waals surface area (Å²) in [5.41, 5.74) is 7.69. The molecule has 0 spiro atoms. The molecule has 0 aliphatic carbocycles. The predicted molar refractivity (Wildman–Crippen MR) is 68.9 cm³/mol. The van der Waals surface area contributed by atoms with Gasteiger partial charge in [-0.25, -0.2) is 4.79 Å². The number of nitrogens with two attached hydrogens (primary N) is 1. The van der Waals surface area contributed by atoms with Crippen LogP contribution in [0.25, 0.3) is 0 Å². The molecule has 1 aliphatic rings. The Labute approximate surface area is 107 Å². The number of urea groups is 1. The molecule has 5 nitrogen and oxygen atoms in total. The molecule has 0 saturated carbocycles. The first-order valence-corrected chi connectivity index (χ1v) is 6.18. The Hall–Kier alpha value is -1.59. The third-order valence-electron chi connectivity index (χ3n) is 2.95. The van der Waals surface area contributed by atoms with E-state index in [1.807, 2.05) is 24.3 Å². The lowest BCUT2D eigenvalue weighted by Gasteiger charge is -2.12. The van der Waals surface area contributed by atoms with Gasteiger partial charge in [0.05, 0.1) is 12.6 Å². The summed E-state index contributed by atoms with van der Waals surface area (Å²) in [6, 6.07) is 7.88. The Morgan fingerprint density at radius 2 is 2.28 bits per heavy atom. The van der Waals surface area contributed by atoms with Gasteiger partial charge < -0.3 is 21.1 Å². The fourth-order valence-electron chi connectivity index (χ4n) is 1.93. The fraction of sp³-hybridized carbons (Fsp3) is 0.462. The second kappa shape index (κ2) is 6.37. The van der Waals surface area contributed by atoms with Gasteiger partial charge in [0.1, 0.15) is 0 Å². The quantitative estimate of drug-likeness (QED) is 0.736. The van der Waals surface area contributed by atoms with Gasteiger partial charge in [0.25, 0.3) is 0 Å². The first kappa shape index (κ1) is 12.9. The van der Waals surface area contributed by atoms with Gasteiger partial charge >= 0.3 is 6.03 Å². The van der Waals surface area contributed by atoms with E-state index < -0.39 is 0 Å². The number of rotatable bonds is 4. The molecule has 0 aromatic heterocycles. The van der Waals surface area contributed by atoms with Gasteiger partial charge in [-0.2, -0.15) is 0 Å². The van der Waals surface area contributed by atoms with E-state index in [1.165, 1.54) is 0 Å². The number of hydrogen-bond donors (Lipinski definition) is 3. The summed E-state index contributed by atoms with van der Waals surface area (Å²) in [7, 11) is 0. The van der Waals surface area contributed by atoms with E-state index in [1.54, 1.807) is 0 Å². The Kier molecular flexibility index (Phi) is 4.55. The molecular formula is C13H19N3O2. The number of carbonyl (C=O) groups is 1. The Morgan fingerprint density at radius 3 is 3.00 bits per heavy atom. The molecular weight excluding hydrogens is 230 g/mol. The molecule has 1 aromatic rings. The second-order valence-corrected chi connectivity index (χ2v) is 4.41. The molecule has 0 radical (unpaired) electrons. The number of carbonyl (C=O) groups excluding carboxylic acids is 1. The SMILES string of the molecule is NCc1cccc(CNC(=O)NC2CCOC2)c1. The minimum absolute atomic E-state index is 0.139. The Bertz CT molecular complexity index is 403. The molecule has 2 amide bonds. The van der Waals surface area contributed by atoms with E-state index >= 15 is 0 Å². The molecule has 0 bridgehead atoms. The number of nitrogens with one attached hydrogen (secondary N) is 2. The van der Waals surface area contributed by atoms with Crippen molar-refractivity contribution in [3.05, 3.63) is 35.4 Å². The van der Waals surface area contributed by atoms with Gasteiger partial charge in [0.2, 0.25) is 0 Å². The monoisotopic (exact) mass is 249 g/mol. The van der Waals surface area contributed by atoms with Gasteiger partial charge in [-0.3, -0.25) is 0 Å².